The fourth-order valence-electron chi connectivity index (χ4n) is 1.72. The molecular weight excluding hydrogens is 234 g/mol. The fraction of sp³-hybridized carbons (Fsp3) is 0.692. The minimum Gasteiger partial charge on any atom is -0.356 e. The summed E-state index contributed by atoms with van der Waals surface area (Å²) in [6, 6.07) is 1.86. The molecule has 1 aromatic rings. The van der Waals surface area contributed by atoms with Gasteiger partial charge in [-0.1, -0.05) is 38.3 Å². The third kappa shape index (κ3) is 4.90. The van der Waals surface area contributed by atoms with Gasteiger partial charge in [0.1, 0.15) is 16.8 Å². The molecule has 0 aliphatic carbocycles. The first kappa shape index (κ1) is 14.2. The molecule has 0 atom stereocenters. The quantitative estimate of drug-likeness (QED) is 0.693. The van der Waals surface area contributed by atoms with E-state index in [9.17, 15) is 0 Å². The van der Waals surface area contributed by atoms with Crippen LogP contribution in [0, 0.1) is 6.92 Å². The van der Waals surface area contributed by atoms with Crippen LogP contribution in [-0.4, -0.2) is 23.1 Å². The van der Waals surface area contributed by atoms with Gasteiger partial charge in [0.2, 0.25) is 0 Å². The lowest BCUT2D eigenvalue weighted by Crippen LogP contribution is -2.26. The number of halogens is 1. The number of aromatic nitrogens is 2. The van der Waals surface area contributed by atoms with Crippen LogP contribution in [-0.2, 0) is 0 Å². The van der Waals surface area contributed by atoms with Gasteiger partial charge in [-0.3, -0.25) is 0 Å². The predicted octanol–water partition coefficient (Wildman–Crippen LogP) is 3.85. The number of nitrogens with zero attached hydrogens (tertiary/aromatic N) is 3. The summed E-state index contributed by atoms with van der Waals surface area (Å²) in [7, 11) is 0. The molecule has 0 saturated carbocycles. The molecule has 0 fully saturated rings. The van der Waals surface area contributed by atoms with Gasteiger partial charge < -0.3 is 4.90 Å². The van der Waals surface area contributed by atoms with Crippen molar-refractivity contribution < 1.29 is 0 Å². The Labute approximate surface area is 109 Å². The van der Waals surface area contributed by atoms with Gasteiger partial charge in [-0.05, 0) is 19.8 Å². The van der Waals surface area contributed by atoms with E-state index < -0.39 is 0 Å². The van der Waals surface area contributed by atoms with Crippen molar-refractivity contribution in [3.63, 3.8) is 0 Å². The van der Waals surface area contributed by atoms with Crippen LogP contribution >= 0.6 is 11.6 Å². The van der Waals surface area contributed by atoms with Crippen molar-refractivity contribution in [3.05, 3.63) is 17.0 Å². The van der Waals surface area contributed by atoms with E-state index in [-0.39, 0.29) is 0 Å². The number of rotatable bonds is 7. The second-order valence-corrected chi connectivity index (χ2v) is 4.68. The lowest BCUT2D eigenvalue weighted by atomic mass is 10.2. The smallest absolute Gasteiger partial charge is 0.134 e. The summed E-state index contributed by atoms with van der Waals surface area (Å²) < 4.78 is 0. The van der Waals surface area contributed by atoms with Crippen molar-refractivity contribution >= 4 is 17.4 Å². The van der Waals surface area contributed by atoms with Crippen LogP contribution < -0.4 is 4.90 Å². The lowest BCUT2D eigenvalue weighted by molar-refractivity contribution is 0.669. The molecule has 0 aliphatic heterocycles. The molecule has 1 aromatic heterocycles. The second kappa shape index (κ2) is 7.49. The molecular formula is C13H22ClN3. The van der Waals surface area contributed by atoms with Crippen LogP contribution in [0.15, 0.2) is 6.07 Å². The van der Waals surface area contributed by atoms with Crippen LogP contribution in [0.1, 0.15) is 45.4 Å². The van der Waals surface area contributed by atoms with Gasteiger partial charge in [0.05, 0.1) is 0 Å². The van der Waals surface area contributed by atoms with Gasteiger partial charge in [-0.25, -0.2) is 9.97 Å². The summed E-state index contributed by atoms with van der Waals surface area (Å²) in [6.45, 7) is 8.38. The highest BCUT2D eigenvalue weighted by atomic mass is 35.5. The Morgan fingerprint density at radius 1 is 1.12 bits per heavy atom. The standard InChI is InChI=1S/C13H22ClN3/c1-4-6-8-17(9-7-5-2)13-10-12(14)15-11(3)16-13/h10H,4-9H2,1-3H3. The Hall–Kier alpha value is -0.830. The van der Waals surface area contributed by atoms with Crippen LogP contribution in [0.25, 0.3) is 0 Å². The van der Waals surface area contributed by atoms with Gasteiger partial charge >= 0.3 is 0 Å². The van der Waals surface area contributed by atoms with E-state index in [1.54, 1.807) is 0 Å². The number of anilines is 1. The van der Waals surface area contributed by atoms with E-state index in [4.69, 9.17) is 11.6 Å². The SMILES string of the molecule is CCCCN(CCCC)c1cc(Cl)nc(C)n1. The zero-order valence-electron chi connectivity index (χ0n) is 11.0. The van der Waals surface area contributed by atoms with Crippen molar-refractivity contribution in [2.24, 2.45) is 0 Å². The maximum atomic E-state index is 5.98. The third-order valence-corrected chi connectivity index (χ3v) is 2.87. The number of hydrogen-bond acceptors (Lipinski definition) is 3. The molecule has 4 heteroatoms. The summed E-state index contributed by atoms with van der Waals surface area (Å²) in [6.07, 6.45) is 4.76. The maximum absolute atomic E-state index is 5.98. The molecule has 1 rings (SSSR count). The minimum absolute atomic E-state index is 0.533. The first-order valence-electron chi connectivity index (χ1n) is 6.43. The summed E-state index contributed by atoms with van der Waals surface area (Å²) in [5, 5.41) is 0.533. The maximum Gasteiger partial charge on any atom is 0.134 e. The van der Waals surface area contributed by atoms with Crippen LogP contribution in [0.2, 0.25) is 5.15 Å². The Morgan fingerprint density at radius 3 is 2.18 bits per heavy atom. The number of aryl methyl sites for hydroxylation is 1. The van der Waals surface area contributed by atoms with E-state index in [0.29, 0.717) is 5.15 Å². The van der Waals surface area contributed by atoms with Crippen molar-refractivity contribution in [2.45, 2.75) is 46.5 Å². The molecule has 0 radical (unpaired) electrons. The molecule has 0 aliphatic rings. The zero-order valence-corrected chi connectivity index (χ0v) is 11.8. The normalized spacial score (nSPS) is 10.6. The largest absolute Gasteiger partial charge is 0.356 e. The summed E-state index contributed by atoms with van der Waals surface area (Å²) in [5.74, 6) is 1.70. The monoisotopic (exact) mass is 255 g/mol. The van der Waals surface area contributed by atoms with Gasteiger partial charge in [0, 0.05) is 19.2 Å². The average Bonchev–Trinajstić information content (AvgIpc) is 2.28. The molecule has 0 saturated heterocycles. The van der Waals surface area contributed by atoms with E-state index in [1.807, 2.05) is 13.0 Å². The Morgan fingerprint density at radius 2 is 1.71 bits per heavy atom. The molecule has 96 valence electrons. The van der Waals surface area contributed by atoms with Crippen LogP contribution in [0.5, 0.6) is 0 Å². The number of unbranched alkanes of at least 4 members (excludes halogenated alkanes) is 2. The molecule has 0 N–H and O–H groups in total. The molecule has 0 aromatic carbocycles. The van der Waals surface area contributed by atoms with Gasteiger partial charge in [0.25, 0.3) is 0 Å². The summed E-state index contributed by atoms with van der Waals surface area (Å²) >= 11 is 5.98. The van der Waals surface area contributed by atoms with Gasteiger partial charge in [0.15, 0.2) is 0 Å². The van der Waals surface area contributed by atoms with E-state index in [0.717, 1.165) is 24.7 Å². The Balaban J connectivity index is 2.78. The fourth-order valence-corrected chi connectivity index (χ4v) is 1.94. The molecule has 17 heavy (non-hydrogen) atoms. The Bertz CT molecular complexity index is 313. The molecule has 0 unspecified atom stereocenters. The molecule has 3 nitrogen and oxygen atoms in total. The average molecular weight is 256 g/mol. The van der Waals surface area contributed by atoms with Gasteiger partial charge in [-0.15, -0.1) is 0 Å². The molecule has 0 amide bonds. The topological polar surface area (TPSA) is 29.0 Å². The second-order valence-electron chi connectivity index (χ2n) is 4.29. The number of hydrogen-bond donors (Lipinski definition) is 0. The predicted molar refractivity (Wildman–Crippen MR) is 73.8 cm³/mol. The molecule has 0 bridgehead atoms. The Kier molecular flexibility index (Phi) is 6.27. The lowest BCUT2D eigenvalue weighted by Gasteiger charge is -2.23. The minimum atomic E-state index is 0.533. The van der Waals surface area contributed by atoms with E-state index in [2.05, 4.69) is 28.7 Å². The third-order valence-electron chi connectivity index (χ3n) is 2.68. The molecule has 1 heterocycles. The van der Waals surface area contributed by atoms with Crippen LogP contribution in [0.4, 0.5) is 5.82 Å². The van der Waals surface area contributed by atoms with E-state index >= 15 is 0 Å². The summed E-state index contributed by atoms with van der Waals surface area (Å²) in [5.41, 5.74) is 0. The van der Waals surface area contributed by atoms with Crippen molar-refractivity contribution in [1.29, 1.82) is 0 Å². The highest BCUT2D eigenvalue weighted by molar-refractivity contribution is 6.29. The zero-order chi connectivity index (χ0) is 12.7. The molecule has 0 spiro atoms. The first-order valence-corrected chi connectivity index (χ1v) is 6.81. The van der Waals surface area contributed by atoms with Crippen molar-refractivity contribution in [1.82, 2.24) is 9.97 Å². The first-order chi connectivity index (χ1) is 8.17. The van der Waals surface area contributed by atoms with Gasteiger partial charge in [-0.2, -0.15) is 0 Å². The van der Waals surface area contributed by atoms with Crippen LogP contribution in [0.3, 0.4) is 0 Å². The van der Waals surface area contributed by atoms with E-state index in [1.165, 1.54) is 25.7 Å². The van der Waals surface area contributed by atoms with Crippen molar-refractivity contribution in [3.8, 4) is 0 Å². The highest BCUT2D eigenvalue weighted by Gasteiger charge is 2.09. The summed E-state index contributed by atoms with van der Waals surface area (Å²) in [4.78, 5) is 10.9. The van der Waals surface area contributed by atoms with Crippen molar-refractivity contribution in [2.75, 3.05) is 18.0 Å². The highest BCUT2D eigenvalue weighted by Crippen LogP contribution is 2.17.